The number of aromatic nitrogens is 2. The van der Waals surface area contributed by atoms with Crippen molar-refractivity contribution in [1.82, 2.24) is 19.8 Å². The number of benzene rings is 2. The maximum atomic E-state index is 16.6. The first kappa shape index (κ1) is 34.6. The van der Waals surface area contributed by atoms with Gasteiger partial charge >= 0.3 is 12.1 Å². The number of methoxy groups -OCH3 is 1. The lowest BCUT2D eigenvalue weighted by atomic mass is 9.94. The van der Waals surface area contributed by atoms with Crippen LogP contribution in [-0.2, 0) is 9.47 Å². The lowest BCUT2D eigenvalue weighted by molar-refractivity contribution is 0.0205. The van der Waals surface area contributed by atoms with E-state index in [4.69, 9.17) is 40.5 Å². The van der Waals surface area contributed by atoms with Crippen LogP contribution in [0.4, 0.5) is 19.4 Å². The van der Waals surface area contributed by atoms with Gasteiger partial charge in [0.2, 0.25) is 0 Å². The van der Waals surface area contributed by atoms with Gasteiger partial charge in [-0.1, -0.05) is 11.6 Å². The first-order chi connectivity index (χ1) is 24.4. The van der Waals surface area contributed by atoms with E-state index in [1.807, 2.05) is 26.8 Å². The molecule has 5 aliphatic rings. The van der Waals surface area contributed by atoms with Gasteiger partial charge in [-0.25, -0.2) is 13.6 Å². The predicted molar refractivity (Wildman–Crippen MR) is 190 cm³/mol. The van der Waals surface area contributed by atoms with Crippen LogP contribution in [0.1, 0.15) is 77.2 Å². The van der Waals surface area contributed by atoms with E-state index < -0.39 is 17.6 Å². The molecule has 1 spiro atoms. The van der Waals surface area contributed by atoms with Gasteiger partial charge in [-0.05, 0) is 107 Å². The molecule has 13 heteroatoms. The number of nitrogens with zero attached hydrogens (tertiary/aromatic N) is 5. The number of ether oxygens (including phenoxy) is 4. The van der Waals surface area contributed by atoms with E-state index in [-0.39, 0.29) is 42.5 Å². The number of hydrogen-bond acceptors (Lipinski definition) is 9. The smallest absolute Gasteiger partial charge is 0.410 e. The SMILES string of the molecule is COCOc1cc(Cl)c(C2CC2)c(-c2cc3nc(OC[C@@]45CCCN4C[C@H](F)C5)nc(N4CCN(C(=O)OC(C)(C)C)CC45CC5)c3cc2F)c1. The van der Waals surface area contributed by atoms with Crippen LogP contribution in [0.15, 0.2) is 24.3 Å². The summed E-state index contributed by atoms with van der Waals surface area (Å²) in [4.78, 5) is 29.1. The van der Waals surface area contributed by atoms with Gasteiger partial charge in [0.15, 0.2) is 6.79 Å². The molecule has 3 aliphatic heterocycles. The summed E-state index contributed by atoms with van der Waals surface area (Å²) in [5.74, 6) is 0.847. The van der Waals surface area contributed by atoms with Crippen LogP contribution in [0.25, 0.3) is 22.0 Å². The largest absolute Gasteiger partial charge is 0.467 e. The second kappa shape index (κ2) is 12.9. The molecule has 0 bridgehead atoms. The fourth-order valence-corrected chi connectivity index (χ4v) is 8.78. The third-order valence-electron chi connectivity index (χ3n) is 11.1. The van der Waals surface area contributed by atoms with Crippen molar-refractivity contribution < 1.29 is 32.5 Å². The van der Waals surface area contributed by atoms with Gasteiger partial charge < -0.3 is 28.7 Å². The number of carbonyl (C=O) groups is 1. The predicted octanol–water partition coefficient (Wildman–Crippen LogP) is 7.49. The number of alkyl halides is 1. The number of carbonyl (C=O) groups excluding carboxylic acids is 1. The van der Waals surface area contributed by atoms with Crippen molar-refractivity contribution in [3.8, 4) is 22.9 Å². The minimum Gasteiger partial charge on any atom is -0.467 e. The zero-order valence-corrected chi connectivity index (χ0v) is 30.5. The van der Waals surface area contributed by atoms with E-state index >= 15 is 4.39 Å². The maximum absolute atomic E-state index is 16.6. The summed E-state index contributed by atoms with van der Waals surface area (Å²) in [6.45, 7) is 8.52. The van der Waals surface area contributed by atoms with E-state index in [9.17, 15) is 9.18 Å². The molecule has 274 valence electrons. The van der Waals surface area contributed by atoms with Gasteiger partial charge in [-0.3, -0.25) is 4.90 Å². The Morgan fingerprint density at radius 1 is 1.04 bits per heavy atom. The van der Waals surface area contributed by atoms with Gasteiger partial charge in [-0.15, -0.1) is 0 Å². The Labute approximate surface area is 302 Å². The van der Waals surface area contributed by atoms with E-state index in [0.29, 0.717) is 71.2 Å². The molecule has 3 aromatic rings. The van der Waals surface area contributed by atoms with Crippen molar-refractivity contribution in [2.45, 2.75) is 94.5 Å². The standard InChI is InChI=1S/C38H46ClF2N5O5/c1-36(2,3)51-35(47)44-12-13-46(37(20-44)9-10-37)33-28-16-30(41)26(27-14-25(50-22-48-4)15-29(39)32(27)23-6-7-23)17-31(28)42-34(43-33)49-21-38-8-5-11-45(38)19-24(40)18-38/h14-17,23-24H,5-13,18-22H2,1-4H3/t24-,38+/m1/s1. The van der Waals surface area contributed by atoms with Gasteiger partial charge in [0.1, 0.15) is 35.8 Å². The molecule has 51 heavy (non-hydrogen) atoms. The first-order valence-electron chi connectivity index (χ1n) is 18.1. The van der Waals surface area contributed by atoms with Crippen molar-refractivity contribution in [3.63, 3.8) is 0 Å². The molecule has 2 aromatic carbocycles. The van der Waals surface area contributed by atoms with Crippen LogP contribution in [0.3, 0.4) is 0 Å². The molecule has 8 rings (SSSR count). The van der Waals surface area contributed by atoms with Gasteiger partial charge in [0, 0.05) is 55.7 Å². The van der Waals surface area contributed by atoms with Crippen molar-refractivity contribution in [2.24, 2.45) is 0 Å². The molecule has 1 amide bonds. The highest BCUT2D eigenvalue weighted by molar-refractivity contribution is 6.32. The zero-order valence-electron chi connectivity index (χ0n) is 29.8. The molecule has 0 radical (unpaired) electrons. The van der Waals surface area contributed by atoms with Crippen molar-refractivity contribution in [1.29, 1.82) is 0 Å². The number of rotatable bonds is 9. The third-order valence-corrected chi connectivity index (χ3v) is 11.4. The molecular weight excluding hydrogens is 680 g/mol. The van der Waals surface area contributed by atoms with Crippen LogP contribution < -0.4 is 14.4 Å². The van der Waals surface area contributed by atoms with Crippen molar-refractivity contribution in [2.75, 3.05) is 58.1 Å². The van der Waals surface area contributed by atoms with Gasteiger partial charge in [-0.2, -0.15) is 9.97 Å². The summed E-state index contributed by atoms with van der Waals surface area (Å²) >= 11 is 6.82. The second-order valence-electron chi connectivity index (χ2n) is 16.0. The number of piperazine rings is 1. The van der Waals surface area contributed by atoms with E-state index in [2.05, 4.69) is 9.80 Å². The molecule has 5 fully saturated rings. The quantitative estimate of drug-likeness (QED) is 0.208. The minimum atomic E-state index is -0.889. The molecule has 0 N–H and O–H groups in total. The average molecular weight is 726 g/mol. The Hall–Kier alpha value is -3.48. The third kappa shape index (κ3) is 6.68. The van der Waals surface area contributed by atoms with Crippen LogP contribution in [0.5, 0.6) is 11.8 Å². The van der Waals surface area contributed by atoms with Crippen LogP contribution in [0.2, 0.25) is 5.02 Å². The van der Waals surface area contributed by atoms with E-state index in [1.54, 1.807) is 17.0 Å². The summed E-state index contributed by atoms with van der Waals surface area (Å²) in [7, 11) is 1.54. The molecule has 4 heterocycles. The number of halogens is 3. The van der Waals surface area contributed by atoms with E-state index in [0.717, 1.165) is 50.6 Å². The van der Waals surface area contributed by atoms with Crippen LogP contribution in [0, 0.1) is 5.82 Å². The van der Waals surface area contributed by atoms with E-state index in [1.165, 1.54) is 13.2 Å². The highest BCUT2D eigenvalue weighted by Crippen LogP contribution is 2.51. The molecule has 2 aliphatic carbocycles. The monoisotopic (exact) mass is 725 g/mol. The van der Waals surface area contributed by atoms with Gasteiger partial charge in [0.25, 0.3) is 0 Å². The molecule has 2 atom stereocenters. The molecule has 10 nitrogen and oxygen atoms in total. The van der Waals surface area contributed by atoms with Crippen molar-refractivity contribution in [3.05, 3.63) is 40.7 Å². The highest BCUT2D eigenvalue weighted by atomic mass is 35.5. The summed E-state index contributed by atoms with van der Waals surface area (Å²) in [6, 6.07) is 7.01. The zero-order chi connectivity index (χ0) is 35.7. The minimum absolute atomic E-state index is 0.0288. The Morgan fingerprint density at radius 2 is 1.84 bits per heavy atom. The lowest BCUT2D eigenvalue weighted by Gasteiger charge is -2.43. The van der Waals surface area contributed by atoms with Crippen LogP contribution >= 0.6 is 11.6 Å². The van der Waals surface area contributed by atoms with Gasteiger partial charge in [0.05, 0.1) is 16.6 Å². The fourth-order valence-electron chi connectivity index (χ4n) is 8.41. The average Bonchev–Trinajstić information content (AvgIpc) is 3.99. The summed E-state index contributed by atoms with van der Waals surface area (Å²) in [6.07, 6.45) is 4.68. The summed E-state index contributed by atoms with van der Waals surface area (Å²) in [5, 5.41) is 1.08. The Kier molecular flexibility index (Phi) is 8.74. The second-order valence-corrected chi connectivity index (χ2v) is 16.4. The number of hydrogen-bond donors (Lipinski definition) is 0. The summed E-state index contributed by atoms with van der Waals surface area (Å²) < 4.78 is 54.2. The number of fused-ring (bicyclic) bond motifs is 2. The lowest BCUT2D eigenvalue weighted by Crippen LogP contribution is -2.57. The molecule has 3 saturated heterocycles. The molecular formula is C38H46ClF2N5O5. The normalized spacial score (nSPS) is 24.3. The van der Waals surface area contributed by atoms with Crippen molar-refractivity contribution >= 4 is 34.4 Å². The number of anilines is 1. The molecule has 0 unspecified atom stereocenters. The van der Waals surface area contributed by atoms with Crippen LogP contribution in [-0.4, -0.2) is 102 Å². The Bertz CT molecular complexity index is 1850. The number of amides is 1. The fraction of sp³-hybridized carbons (Fsp3) is 0.605. The Balaban J connectivity index is 1.20. The Morgan fingerprint density at radius 3 is 2.57 bits per heavy atom. The first-order valence-corrected chi connectivity index (χ1v) is 18.5. The highest BCUT2D eigenvalue weighted by Gasteiger charge is 2.54. The summed E-state index contributed by atoms with van der Waals surface area (Å²) in [5.41, 5.74) is 1.07. The topological polar surface area (TPSA) is 89.5 Å². The molecule has 1 aromatic heterocycles. The maximum Gasteiger partial charge on any atom is 0.410 e. The molecule has 2 saturated carbocycles.